The number of para-hydroxylation sites is 1. The molecule has 0 bridgehead atoms. The van der Waals surface area contributed by atoms with E-state index in [0.29, 0.717) is 35.9 Å². The molecule has 1 amide bonds. The van der Waals surface area contributed by atoms with E-state index in [1.54, 1.807) is 29.3 Å². The van der Waals surface area contributed by atoms with Crippen molar-refractivity contribution < 1.29 is 24.2 Å². The zero-order valence-electron chi connectivity index (χ0n) is 24.1. The molecule has 1 unspecified atom stereocenters. The number of carbonyl (C=O) groups excluding carboxylic acids is 1. The summed E-state index contributed by atoms with van der Waals surface area (Å²) in [5, 5.41) is 17.2. The lowest BCUT2D eigenvalue weighted by Crippen LogP contribution is -2.31. The molecule has 10 heteroatoms. The minimum absolute atomic E-state index is 0.0346. The molecule has 0 aliphatic carbocycles. The van der Waals surface area contributed by atoms with Crippen LogP contribution in [0.3, 0.4) is 0 Å². The number of rotatable bonds is 8. The van der Waals surface area contributed by atoms with Gasteiger partial charge in [-0.2, -0.15) is 5.10 Å². The standard InChI is InChI=1S/C33H33N5O5/c1-20(2)43-33(41)37-14-12-25(18-37)38-29-10-9-23(22-8-7-21-11-13-35-32(34)26(21)15-22)16-27(29)28(36-38)19-42-30-6-4-3-5-24(30)17-31(39)40/h3-11,13,15-16,20,25H,12,14,17-19H2,1-2H3,(H2,34,35)(H,39,40). The van der Waals surface area contributed by atoms with Gasteiger partial charge in [0.1, 0.15) is 23.9 Å². The van der Waals surface area contributed by atoms with E-state index in [1.165, 1.54) is 0 Å². The lowest BCUT2D eigenvalue weighted by atomic mass is 10.00. The third-order valence-electron chi connectivity index (χ3n) is 7.70. The first-order valence-electron chi connectivity index (χ1n) is 14.3. The van der Waals surface area contributed by atoms with Gasteiger partial charge >= 0.3 is 12.1 Å². The normalized spacial score (nSPS) is 15.0. The van der Waals surface area contributed by atoms with Crippen LogP contribution in [0.25, 0.3) is 32.8 Å². The van der Waals surface area contributed by atoms with Crippen LogP contribution in [0.4, 0.5) is 10.6 Å². The number of benzene rings is 3. The average molecular weight is 580 g/mol. The van der Waals surface area contributed by atoms with Crippen LogP contribution < -0.4 is 10.5 Å². The minimum Gasteiger partial charge on any atom is -0.487 e. The minimum atomic E-state index is -0.927. The largest absolute Gasteiger partial charge is 0.487 e. The van der Waals surface area contributed by atoms with Gasteiger partial charge in [0.2, 0.25) is 0 Å². The van der Waals surface area contributed by atoms with Gasteiger partial charge in [0.05, 0.1) is 24.1 Å². The molecule has 5 aromatic rings. The van der Waals surface area contributed by atoms with Gasteiger partial charge in [0.25, 0.3) is 0 Å². The van der Waals surface area contributed by atoms with Crippen molar-refractivity contribution in [2.45, 2.75) is 45.4 Å². The van der Waals surface area contributed by atoms with Crippen LogP contribution in [0, 0.1) is 0 Å². The molecule has 0 radical (unpaired) electrons. The SMILES string of the molecule is CC(C)OC(=O)N1CCC(n2nc(COc3ccccc3CC(=O)O)c3cc(-c4ccc5ccnc(N)c5c4)ccc32)C1. The Bertz CT molecular complexity index is 1830. The number of aliphatic carboxylic acids is 1. The van der Waals surface area contributed by atoms with Crippen molar-refractivity contribution in [1.29, 1.82) is 0 Å². The van der Waals surface area contributed by atoms with Crippen LogP contribution in [0.1, 0.15) is 37.6 Å². The van der Waals surface area contributed by atoms with Crippen LogP contribution in [0.15, 0.2) is 72.9 Å². The Morgan fingerprint density at radius 2 is 1.81 bits per heavy atom. The van der Waals surface area contributed by atoms with E-state index in [0.717, 1.165) is 39.2 Å². The van der Waals surface area contributed by atoms with Gasteiger partial charge in [-0.05, 0) is 67.1 Å². The number of carboxylic acid groups (broad SMARTS) is 1. The fourth-order valence-electron chi connectivity index (χ4n) is 5.62. The third kappa shape index (κ3) is 5.81. The van der Waals surface area contributed by atoms with Crippen molar-refractivity contribution in [2.24, 2.45) is 0 Å². The summed E-state index contributed by atoms with van der Waals surface area (Å²) in [6.45, 7) is 4.89. The summed E-state index contributed by atoms with van der Waals surface area (Å²) in [6.07, 6.45) is 1.79. The average Bonchev–Trinajstić information content (AvgIpc) is 3.61. The number of anilines is 1. The number of nitrogens with two attached hydrogens (primary N) is 1. The first kappa shape index (κ1) is 28.0. The van der Waals surface area contributed by atoms with Crippen molar-refractivity contribution in [3.8, 4) is 16.9 Å². The lowest BCUT2D eigenvalue weighted by molar-refractivity contribution is -0.136. The van der Waals surface area contributed by atoms with Gasteiger partial charge in [0.15, 0.2) is 0 Å². The highest BCUT2D eigenvalue weighted by Gasteiger charge is 2.31. The third-order valence-corrected chi connectivity index (χ3v) is 7.70. The molecule has 1 aliphatic heterocycles. The molecule has 1 aliphatic rings. The van der Waals surface area contributed by atoms with Crippen LogP contribution in [-0.2, 0) is 22.6 Å². The quantitative estimate of drug-likeness (QED) is 0.235. The highest BCUT2D eigenvalue weighted by atomic mass is 16.6. The maximum absolute atomic E-state index is 12.6. The molecule has 1 atom stereocenters. The van der Waals surface area contributed by atoms with Gasteiger partial charge in [0, 0.05) is 35.6 Å². The van der Waals surface area contributed by atoms with Gasteiger partial charge in [-0.1, -0.05) is 36.4 Å². The second-order valence-corrected chi connectivity index (χ2v) is 11.0. The molecule has 220 valence electrons. The summed E-state index contributed by atoms with van der Waals surface area (Å²) in [4.78, 5) is 30.0. The number of ether oxygens (including phenoxy) is 2. The molecule has 3 N–H and O–H groups in total. The summed E-state index contributed by atoms with van der Waals surface area (Å²) in [6, 6.07) is 21.4. The number of amides is 1. The summed E-state index contributed by atoms with van der Waals surface area (Å²) < 4.78 is 13.6. The zero-order valence-corrected chi connectivity index (χ0v) is 24.1. The van der Waals surface area contributed by atoms with E-state index in [4.69, 9.17) is 20.3 Å². The van der Waals surface area contributed by atoms with E-state index < -0.39 is 5.97 Å². The summed E-state index contributed by atoms with van der Waals surface area (Å²) in [7, 11) is 0. The molecule has 0 saturated carbocycles. The number of hydrogen-bond donors (Lipinski definition) is 2. The number of nitrogens with zero attached hydrogens (tertiary/aromatic N) is 4. The van der Waals surface area contributed by atoms with E-state index in [9.17, 15) is 14.7 Å². The molecule has 6 rings (SSSR count). The van der Waals surface area contributed by atoms with Gasteiger partial charge in [-0.3, -0.25) is 9.48 Å². The molecule has 10 nitrogen and oxygen atoms in total. The second-order valence-electron chi connectivity index (χ2n) is 11.0. The van der Waals surface area contributed by atoms with Gasteiger partial charge in [-0.15, -0.1) is 0 Å². The molecular weight excluding hydrogens is 546 g/mol. The Labute approximate surface area is 248 Å². The molecule has 1 fully saturated rings. The number of hydrogen-bond acceptors (Lipinski definition) is 7. The predicted octanol–water partition coefficient (Wildman–Crippen LogP) is 5.83. The number of carbonyl (C=O) groups is 2. The van der Waals surface area contributed by atoms with E-state index in [1.807, 2.05) is 48.9 Å². The first-order valence-corrected chi connectivity index (χ1v) is 14.3. The summed E-state index contributed by atoms with van der Waals surface area (Å²) in [5.74, 6) is 0.0531. The number of nitrogen functional groups attached to an aromatic ring is 1. The van der Waals surface area contributed by atoms with Crippen molar-refractivity contribution in [3.05, 3.63) is 84.2 Å². The van der Waals surface area contributed by atoms with Crippen LogP contribution in [-0.4, -0.2) is 56.0 Å². The molecule has 2 aromatic heterocycles. The number of pyridine rings is 1. The monoisotopic (exact) mass is 579 g/mol. The zero-order chi connectivity index (χ0) is 30.1. The fourth-order valence-corrected chi connectivity index (χ4v) is 5.62. The first-order chi connectivity index (χ1) is 20.8. The molecule has 1 saturated heterocycles. The van der Waals surface area contributed by atoms with Crippen LogP contribution >= 0.6 is 0 Å². The summed E-state index contributed by atoms with van der Waals surface area (Å²) in [5.41, 5.74) is 10.4. The highest BCUT2D eigenvalue weighted by molar-refractivity contribution is 5.95. The Hall–Kier alpha value is -5.12. The van der Waals surface area contributed by atoms with Crippen molar-refractivity contribution >= 4 is 39.6 Å². The maximum Gasteiger partial charge on any atom is 0.410 e. The Morgan fingerprint density at radius 1 is 1.05 bits per heavy atom. The number of likely N-dealkylation sites (tertiary alicyclic amines) is 1. The molecule has 3 aromatic carbocycles. The number of fused-ring (bicyclic) bond motifs is 2. The fraction of sp³-hybridized carbons (Fsp3) is 0.273. The lowest BCUT2D eigenvalue weighted by Gasteiger charge is -2.18. The van der Waals surface area contributed by atoms with E-state index in [2.05, 4.69) is 23.2 Å². The topological polar surface area (TPSA) is 133 Å². The molecule has 0 spiro atoms. The number of carboxylic acids is 1. The second kappa shape index (κ2) is 11.6. The Kier molecular flexibility index (Phi) is 7.58. The van der Waals surface area contributed by atoms with Crippen LogP contribution in [0.5, 0.6) is 5.75 Å². The summed E-state index contributed by atoms with van der Waals surface area (Å²) >= 11 is 0. The smallest absolute Gasteiger partial charge is 0.410 e. The highest BCUT2D eigenvalue weighted by Crippen LogP contribution is 2.34. The molecular formula is C33H33N5O5. The van der Waals surface area contributed by atoms with Crippen molar-refractivity contribution in [3.63, 3.8) is 0 Å². The Morgan fingerprint density at radius 3 is 2.60 bits per heavy atom. The molecule has 43 heavy (non-hydrogen) atoms. The van der Waals surface area contributed by atoms with Crippen molar-refractivity contribution in [1.82, 2.24) is 19.7 Å². The van der Waals surface area contributed by atoms with Crippen LogP contribution in [0.2, 0.25) is 0 Å². The van der Waals surface area contributed by atoms with Gasteiger partial charge < -0.3 is 25.2 Å². The number of aromatic nitrogens is 3. The maximum atomic E-state index is 12.6. The Balaban J connectivity index is 1.37. The van der Waals surface area contributed by atoms with E-state index in [-0.39, 0.29) is 31.3 Å². The molecule has 3 heterocycles. The van der Waals surface area contributed by atoms with E-state index >= 15 is 0 Å². The predicted molar refractivity (Wildman–Crippen MR) is 164 cm³/mol. The van der Waals surface area contributed by atoms with Crippen molar-refractivity contribution in [2.75, 3.05) is 18.8 Å². The van der Waals surface area contributed by atoms with Gasteiger partial charge in [-0.25, -0.2) is 9.78 Å².